The van der Waals surface area contributed by atoms with Crippen molar-refractivity contribution in [2.45, 2.75) is 16.7 Å². The van der Waals surface area contributed by atoms with Crippen LogP contribution >= 0.6 is 23.4 Å². The lowest BCUT2D eigenvalue weighted by molar-refractivity contribution is 0.594. The van der Waals surface area contributed by atoms with Crippen LogP contribution in [0.2, 0.25) is 5.15 Å². The first-order chi connectivity index (χ1) is 6.00. The summed E-state index contributed by atoms with van der Waals surface area (Å²) in [6, 6.07) is 0. The number of nitrogens with two attached hydrogens (primary N) is 1. The number of fused-ring (bicyclic) bond motifs is 1. The van der Waals surface area contributed by atoms with Gasteiger partial charge in [0, 0.05) is 12.3 Å². The summed E-state index contributed by atoms with van der Waals surface area (Å²) in [5.41, 5.74) is 0. The van der Waals surface area contributed by atoms with Gasteiger partial charge < -0.3 is 4.57 Å². The highest BCUT2D eigenvalue weighted by atomic mass is 35.5. The Morgan fingerprint density at radius 2 is 2.31 bits per heavy atom. The Morgan fingerprint density at radius 3 is 2.85 bits per heavy atom. The zero-order chi connectivity index (χ0) is 9.64. The minimum Gasteiger partial charge on any atom is -0.308 e. The van der Waals surface area contributed by atoms with Crippen LogP contribution in [0.1, 0.15) is 0 Å². The summed E-state index contributed by atoms with van der Waals surface area (Å²) in [5, 5.41) is 5.43. The molecule has 1 aromatic heterocycles. The normalized spacial score (nSPS) is 16.2. The number of aromatic nitrogens is 2. The molecule has 2 N–H and O–H groups in total. The van der Waals surface area contributed by atoms with Crippen LogP contribution in [0, 0.1) is 0 Å². The molecule has 2 rings (SSSR count). The Hall–Kier alpha value is -0.240. The molecule has 1 aromatic rings. The van der Waals surface area contributed by atoms with E-state index in [0.717, 1.165) is 5.75 Å². The van der Waals surface area contributed by atoms with Gasteiger partial charge in [0.15, 0.2) is 5.16 Å². The number of sulfonamides is 1. The molecule has 0 aromatic carbocycles. The lowest BCUT2D eigenvalue weighted by atomic mass is 10.7. The second-order valence-electron chi connectivity index (χ2n) is 2.54. The molecule has 13 heavy (non-hydrogen) atoms. The van der Waals surface area contributed by atoms with Gasteiger partial charge >= 0.3 is 0 Å². The molecule has 2 heterocycles. The maximum atomic E-state index is 11.0. The van der Waals surface area contributed by atoms with E-state index in [-0.39, 0.29) is 10.2 Å². The maximum absolute atomic E-state index is 11.0. The molecular formula is C5H6ClN3O2S2. The number of rotatable bonds is 1. The highest BCUT2D eigenvalue weighted by Crippen LogP contribution is 2.32. The quantitative estimate of drug-likeness (QED) is 0.764. The number of hydrogen-bond acceptors (Lipinski definition) is 4. The van der Waals surface area contributed by atoms with Gasteiger partial charge in [-0.05, 0) is 0 Å². The fraction of sp³-hybridized carbons (Fsp3) is 0.400. The molecule has 0 fully saturated rings. The fourth-order valence-corrected chi connectivity index (χ4v) is 3.25. The fourth-order valence-electron chi connectivity index (χ4n) is 1.11. The summed E-state index contributed by atoms with van der Waals surface area (Å²) < 4.78 is 23.6. The summed E-state index contributed by atoms with van der Waals surface area (Å²) in [7, 11) is -3.79. The van der Waals surface area contributed by atoms with Crippen molar-refractivity contribution in [1.29, 1.82) is 0 Å². The van der Waals surface area contributed by atoms with Crippen LogP contribution in [0.4, 0.5) is 0 Å². The van der Waals surface area contributed by atoms with Gasteiger partial charge in [0.2, 0.25) is 5.03 Å². The first kappa shape index (κ1) is 9.32. The summed E-state index contributed by atoms with van der Waals surface area (Å²) in [4.78, 5) is 3.84. The highest BCUT2D eigenvalue weighted by Gasteiger charge is 2.26. The molecule has 0 bridgehead atoms. The van der Waals surface area contributed by atoms with Crippen molar-refractivity contribution >= 4 is 33.4 Å². The third-order valence-corrected chi connectivity index (χ3v) is 3.93. The van der Waals surface area contributed by atoms with Gasteiger partial charge in [0.05, 0.1) is 0 Å². The van der Waals surface area contributed by atoms with Gasteiger partial charge in [-0.1, -0.05) is 23.4 Å². The molecule has 0 atom stereocenters. The Balaban J connectivity index is 2.64. The first-order valence-corrected chi connectivity index (χ1v) is 6.33. The number of thioether (sulfide) groups is 1. The van der Waals surface area contributed by atoms with Crippen molar-refractivity contribution < 1.29 is 8.42 Å². The summed E-state index contributed by atoms with van der Waals surface area (Å²) in [6.45, 7) is 0.682. The Morgan fingerprint density at radius 1 is 1.62 bits per heavy atom. The molecule has 0 aliphatic carbocycles. The second kappa shape index (κ2) is 2.88. The monoisotopic (exact) mass is 239 g/mol. The van der Waals surface area contributed by atoms with E-state index in [0.29, 0.717) is 11.7 Å². The van der Waals surface area contributed by atoms with Crippen LogP contribution in [0.5, 0.6) is 0 Å². The number of hydrogen-bond donors (Lipinski definition) is 1. The standard InChI is InChI=1S/C5H6ClN3O2S2/c6-3-4(13(7,10)11)8-5-9(3)1-2-12-5/h1-2H2,(H2,7,10,11). The van der Waals surface area contributed by atoms with Crippen molar-refractivity contribution in [3.8, 4) is 0 Å². The van der Waals surface area contributed by atoms with Gasteiger partial charge in [-0.3, -0.25) is 0 Å². The molecule has 1 aliphatic heterocycles. The average Bonchev–Trinajstić information content (AvgIpc) is 2.51. The van der Waals surface area contributed by atoms with E-state index < -0.39 is 10.0 Å². The number of halogens is 1. The van der Waals surface area contributed by atoms with Gasteiger partial charge in [-0.15, -0.1) is 0 Å². The van der Waals surface area contributed by atoms with Gasteiger partial charge in [0.25, 0.3) is 10.0 Å². The molecule has 0 saturated carbocycles. The SMILES string of the molecule is NS(=O)(=O)c1nc2n(c1Cl)CCS2. The molecule has 8 heteroatoms. The Labute approximate surface area is 84.3 Å². The van der Waals surface area contributed by atoms with E-state index >= 15 is 0 Å². The van der Waals surface area contributed by atoms with E-state index in [1.54, 1.807) is 4.57 Å². The third-order valence-electron chi connectivity index (χ3n) is 1.66. The minimum atomic E-state index is -3.79. The van der Waals surface area contributed by atoms with Gasteiger partial charge in [-0.25, -0.2) is 18.5 Å². The van der Waals surface area contributed by atoms with Crippen molar-refractivity contribution in [2.24, 2.45) is 5.14 Å². The molecular weight excluding hydrogens is 234 g/mol. The van der Waals surface area contributed by atoms with Gasteiger partial charge in [0.1, 0.15) is 5.15 Å². The van der Waals surface area contributed by atoms with E-state index in [1.807, 2.05) is 0 Å². The Kier molecular flexibility index (Phi) is 2.06. The smallest absolute Gasteiger partial charge is 0.258 e. The van der Waals surface area contributed by atoms with E-state index in [9.17, 15) is 8.42 Å². The van der Waals surface area contributed by atoms with Crippen LogP contribution in [0.3, 0.4) is 0 Å². The summed E-state index contributed by atoms with van der Waals surface area (Å²) in [6.07, 6.45) is 0. The third kappa shape index (κ3) is 1.45. The molecule has 0 unspecified atom stereocenters. The molecule has 5 nitrogen and oxygen atoms in total. The van der Waals surface area contributed by atoms with Crippen LogP contribution in [-0.4, -0.2) is 23.7 Å². The van der Waals surface area contributed by atoms with Crippen LogP contribution in [0.15, 0.2) is 10.2 Å². The van der Waals surface area contributed by atoms with E-state index in [4.69, 9.17) is 16.7 Å². The lowest BCUT2D eigenvalue weighted by Gasteiger charge is -1.96. The van der Waals surface area contributed by atoms with Crippen molar-refractivity contribution in [3.63, 3.8) is 0 Å². The molecule has 0 saturated heterocycles. The highest BCUT2D eigenvalue weighted by molar-refractivity contribution is 7.99. The zero-order valence-corrected chi connectivity index (χ0v) is 8.79. The minimum absolute atomic E-state index is 0.113. The van der Waals surface area contributed by atoms with Crippen LogP contribution < -0.4 is 5.14 Å². The van der Waals surface area contributed by atoms with Crippen LogP contribution in [-0.2, 0) is 16.6 Å². The average molecular weight is 240 g/mol. The molecule has 0 spiro atoms. The van der Waals surface area contributed by atoms with Crippen molar-refractivity contribution in [2.75, 3.05) is 5.75 Å². The van der Waals surface area contributed by atoms with Gasteiger partial charge in [-0.2, -0.15) is 0 Å². The largest absolute Gasteiger partial charge is 0.308 e. The van der Waals surface area contributed by atoms with Crippen molar-refractivity contribution in [3.05, 3.63) is 5.15 Å². The predicted molar refractivity (Wildman–Crippen MR) is 49.3 cm³/mol. The number of nitrogens with zero attached hydrogens (tertiary/aromatic N) is 2. The molecule has 0 amide bonds. The summed E-state index contributed by atoms with van der Waals surface area (Å²) in [5.74, 6) is 0.868. The Bertz CT molecular complexity index is 453. The predicted octanol–water partition coefficient (Wildman–Crippen LogP) is 0.290. The molecule has 1 aliphatic rings. The second-order valence-corrected chi connectivity index (χ2v) is 5.43. The van der Waals surface area contributed by atoms with Crippen molar-refractivity contribution in [1.82, 2.24) is 9.55 Å². The number of imidazole rings is 1. The molecule has 0 radical (unpaired) electrons. The van der Waals surface area contributed by atoms with Crippen LogP contribution in [0.25, 0.3) is 0 Å². The van der Waals surface area contributed by atoms with E-state index in [1.165, 1.54) is 11.8 Å². The first-order valence-electron chi connectivity index (χ1n) is 3.42. The number of primary sulfonamides is 1. The topological polar surface area (TPSA) is 78.0 Å². The van der Waals surface area contributed by atoms with E-state index in [2.05, 4.69) is 4.98 Å². The molecule has 72 valence electrons. The maximum Gasteiger partial charge on any atom is 0.258 e. The lowest BCUT2D eigenvalue weighted by Crippen LogP contribution is -2.13. The summed E-state index contributed by atoms with van der Waals surface area (Å²) >= 11 is 7.25. The zero-order valence-electron chi connectivity index (χ0n) is 6.40.